The van der Waals surface area contributed by atoms with Gasteiger partial charge in [-0.2, -0.15) is 0 Å². The summed E-state index contributed by atoms with van der Waals surface area (Å²) < 4.78 is 4.46. The number of esters is 1. The van der Waals surface area contributed by atoms with Crippen molar-refractivity contribution in [3.63, 3.8) is 0 Å². The molecule has 0 saturated carbocycles. The Kier molecular flexibility index (Phi) is 5.63. The lowest BCUT2D eigenvalue weighted by Crippen LogP contribution is -2.11. The monoisotopic (exact) mass is 322 g/mol. The molecule has 0 atom stereocenters. The average Bonchev–Trinajstić information content (AvgIpc) is 2.62. The van der Waals surface area contributed by atoms with Crippen LogP contribution in [0.5, 0.6) is 0 Å². The molecule has 1 aromatic heterocycles. The minimum atomic E-state index is -0.374. The second kappa shape index (κ2) is 7.87. The summed E-state index contributed by atoms with van der Waals surface area (Å²) in [5, 5.41) is 2.02. The molecule has 0 bridgehead atoms. The number of carbonyl (C=O) groups excluding carboxylic acids is 2. The van der Waals surface area contributed by atoms with Crippen LogP contribution in [0.2, 0.25) is 0 Å². The normalized spacial score (nSPS) is 9.75. The Hall–Kier alpha value is -3.21. The van der Waals surface area contributed by atoms with Gasteiger partial charge < -0.3 is 10.5 Å². The summed E-state index contributed by atoms with van der Waals surface area (Å²) in [7, 11) is 1.34. The molecule has 2 N–H and O–H groups in total. The van der Waals surface area contributed by atoms with E-state index in [0.717, 1.165) is 16.3 Å². The lowest BCUT2D eigenvalue weighted by atomic mass is 10.0. The third-order valence-corrected chi connectivity index (χ3v) is 3.49. The number of carbonyl (C=O) groups is 2. The average molecular weight is 322 g/mol. The van der Waals surface area contributed by atoms with E-state index in [1.165, 1.54) is 13.3 Å². The van der Waals surface area contributed by atoms with Crippen molar-refractivity contribution in [2.24, 2.45) is 5.73 Å². The number of hydrogen-bond acceptors (Lipinski definition) is 4. The largest absolute Gasteiger partial charge is 0.465 e. The zero-order valence-corrected chi connectivity index (χ0v) is 13.5. The lowest BCUT2D eigenvalue weighted by molar-refractivity contribution is 0.0600. The molecule has 0 aliphatic carbocycles. The summed E-state index contributed by atoms with van der Waals surface area (Å²) in [4.78, 5) is 25.7. The Morgan fingerprint density at radius 3 is 2.29 bits per heavy atom. The van der Waals surface area contributed by atoms with E-state index in [1.807, 2.05) is 37.3 Å². The van der Waals surface area contributed by atoms with Crippen molar-refractivity contribution in [2.45, 2.75) is 6.92 Å². The molecule has 24 heavy (non-hydrogen) atoms. The van der Waals surface area contributed by atoms with Crippen LogP contribution in [-0.4, -0.2) is 24.0 Å². The molecule has 3 aromatic rings. The number of primary amides is 1. The summed E-state index contributed by atoms with van der Waals surface area (Å²) in [6.45, 7) is 2.02. The summed E-state index contributed by atoms with van der Waals surface area (Å²) in [5.41, 5.74) is 7.51. The number of nitrogens with zero attached hydrogens (tertiary/aromatic N) is 1. The van der Waals surface area contributed by atoms with Crippen LogP contribution in [0.3, 0.4) is 0 Å². The van der Waals surface area contributed by atoms with E-state index in [9.17, 15) is 9.59 Å². The third-order valence-electron chi connectivity index (χ3n) is 3.49. The zero-order chi connectivity index (χ0) is 17.5. The standard InChI is InChI=1S/C12H11NO.C7H7NO2/c1-8-6-7-11(12(13)14)10-5-3-2-4-9(8)10;1-10-7(9)6-3-2-4-8-5-6/h2-7H,1H3,(H2,13,14);2-5H,1H3. The van der Waals surface area contributed by atoms with Crippen LogP contribution in [-0.2, 0) is 4.74 Å². The smallest absolute Gasteiger partial charge is 0.339 e. The van der Waals surface area contributed by atoms with Gasteiger partial charge in [-0.15, -0.1) is 0 Å². The molecule has 2 aromatic carbocycles. The van der Waals surface area contributed by atoms with Gasteiger partial charge in [0.15, 0.2) is 0 Å². The molecule has 0 aliphatic heterocycles. The number of aromatic nitrogens is 1. The molecular weight excluding hydrogens is 304 g/mol. The van der Waals surface area contributed by atoms with Crippen LogP contribution < -0.4 is 5.73 Å². The van der Waals surface area contributed by atoms with Gasteiger partial charge in [-0.05, 0) is 41.5 Å². The summed E-state index contributed by atoms with van der Waals surface area (Å²) in [6.07, 6.45) is 3.07. The number of benzene rings is 2. The van der Waals surface area contributed by atoms with Crippen molar-refractivity contribution in [3.05, 3.63) is 77.6 Å². The SMILES string of the molecule is COC(=O)c1cccnc1.Cc1ccc(C(N)=O)c2ccccc12. The lowest BCUT2D eigenvalue weighted by Gasteiger charge is -2.05. The van der Waals surface area contributed by atoms with Crippen molar-refractivity contribution in [1.29, 1.82) is 0 Å². The van der Waals surface area contributed by atoms with E-state index in [1.54, 1.807) is 24.4 Å². The van der Waals surface area contributed by atoms with Crippen LogP contribution in [0.1, 0.15) is 26.3 Å². The molecule has 122 valence electrons. The predicted molar refractivity (Wildman–Crippen MR) is 92.8 cm³/mol. The number of rotatable bonds is 2. The first kappa shape index (κ1) is 17.1. The molecule has 0 spiro atoms. The van der Waals surface area contributed by atoms with Crippen LogP contribution in [0.15, 0.2) is 60.9 Å². The van der Waals surface area contributed by atoms with E-state index in [2.05, 4.69) is 9.72 Å². The second-order valence-corrected chi connectivity index (χ2v) is 5.07. The van der Waals surface area contributed by atoms with Gasteiger partial charge in [0.25, 0.3) is 0 Å². The number of amides is 1. The van der Waals surface area contributed by atoms with Crippen LogP contribution in [0, 0.1) is 6.92 Å². The van der Waals surface area contributed by atoms with Gasteiger partial charge in [-0.1, -0.05) is 30.3 Å². The van der Waals surface area contributed by atoms with E-state index >= 15 is 0 Å². The molecule has 0 aliphatic rings. The first-order valence-corrected chi connectivity index (χ1v) is 7.31. The Bertz CT molecular complexity index is 861. The van der Waals surface area contributed by atoms with Crippen LogP contribution in [0.4, 0.5) is 0 Å². The number of fused-ring (bicyclic) bond motifs is 1. The summed E-state index contributed by atoms with van der Waals surface area (Å²) in [5.74, 6) is -0.727. The van der Waals surface area contributed by atoms with Crippen LogP contribution >= 0.6 is 0 Å². The highest BCUT2D eigenvalue weighted by molar-refractivity contribution is 6.07. The van der Waals surface area contributed by atoms with Gasteiger partial charge >= 0.3 is 5.97 Å². The maximum atomic E-state index is 11.1. The Morgan fingerprint density at radius 1 is 1.00 bits per heavy atom. The number of nitrogens with two attached hydrogens (primary N) is 1. The van der Waals surface area contributed by atoms with E-state index in [0.29, 0.717) is 11.1 Å². The Balaban J connectivity index is 0.000000185. The molecule has 0 radical (unpaired) electrons. The van der Waals surface area contributed by atoms with Gasteiger partial charge in [-0.25, -0.2) is 4.79 Å². The highest BCUT2D eigenvalue weighted by atomic mass is 16.5. The predicted octanol–water partition coefficient (Wildman–Crippen LogP) is 3.12. The summed E-state index contributed by atoms with van der Waals surface area (Å²) in [6, 6.07) is 14.8. The van der Waals surface area contributed by atoms with Crippen molar-refractivity contribution >= 4 is 22.6 Å². The van der Waals surface area contributed by atoms with Crippen molar-refractivity contribution in [2.75, 3.05) is 7.11 Å². The molecule has 0 unspecified atom stereocenters. The van der Waals surface area contributed by atoms with Gasteiger partial charge in [-0.3, -0.25) is 9.78 Å². The van der Waals surface area contributed by atoms with Crippen molar-refractivity contribution < 1.29 is 14.3 Å². The molecule has 1 heterocycles. The maximum absolute atomic E-state index is 11.1. The van der Waals surface area contributed by atoms with Crippen LogP contribution in [0.25, 0.3) is 10.8 Å². The quantitative estimate of drug-likeness (QED) is 0.735. The number of pyridine rings is 1. The van der Waals surface area contributed by atoms with Gasteiger partial charge in [0.05, 0.1) is 12.7 Å². The van der Waals surface area contributed by atoms with Gasteiger partial charge in [0.1, 0.15) is 0 Å². The Labute approximate surface area is 140 Å². The molecule has 0 saturated heterocycles. The Morgan fingerprint density at radius 2 is 1.71 bits per heavy atom. The van der Waals surface area contributed by atoms with Crippen molar-refractivity contribution in [1.82, 2.24) is 4.98 Å². The highest BCUT2D eigenvalue weighted by Gasteiger charge is 2.06. The molecule has 3 rings (SSSR count). The van der Waals surface area contributed by atoms with Gasteiger partial charge in [0, 0.05) is 18.0 Å². The molecule has 5 heteroatoms. The zero-order valence-electron chi connectivity index (χ0n) is 13.5. The first-order chi connectivity index (χ1) is 11.5. The fourth-order valence-corrected chi connectivity index (χ4v) is 2.27. The number of ether oxygens (including phenoxy) is 1. The highest BCUT2D eigenvalue weighted by Crippen LogP contribution is 2.21. The molecule has 5 nitrogen and oxygen atoms in total. The molecular formula is C19H18N2O3. The third kappa shape index (κ3) is 3.95. The van der Waals surface area contributed by atoms with Crippen molar-refractivity contribution in [3.8, 4) is 0 Å². The second-order valence-electron chi connectivity index (χ2n) is 5.07. The number of methoxy groups -OCH3 is 1. The number of aryl methyl sites for hydroxylation is 1. The number of hydrogen-bond donors (Lipinski definition) is 1. The van der Waals surface area contributed by atoms with E-state index < -0.39 is 0 Å². The maximum Gasteiger partial charge on any atom is 0.339 e. The van der Waals surface area contributed by atoms with E-state index in [4.69, 9.17) is 5.73 Å². The minimum absolute atomic E-state index is 0.354. The molecule has 0 fully saturated rings. The first-order valence-electron chi connectivity index (χ1n) is 7.31. The fraction of sp³-hybridized carbons (Fsp3) is 0.105. The summed E-state index contributed by atoms with van der Waals surface area (Å²) >= 11 is 0. The van der Waals surface area contributed by atoms with Gasteiger partial charge in [0.2, 0.25) is 5.91 Å². The van der Waals surface area contributed by atoms with E-state index in [-0.39, 0.29) is 11.9 Å². The molecule has 1 amide bonds. The topological polar surface area (TPSA) is 82.3 Å². The fourth-order valence-electron chi connectivity index (χ4n) is 2.27. The minimum Gasteiger partial charge on any atom is -0.465 e.